The van der Waals surface area contributed by atoms with Gasteiger partial charge in [-0.25, -0.2) is 4.39 Å². The molecule has 6 heteroatoms. The van der Waals surface area contributed by atoms with Crippen LogP contribution in [0.4, 0.5) is 4.39 Å². The number of ketones is 1. The first-order chi connectivity index (χ1) is 11.5. The van der Waals surface area contributed by atoms with E-state index in [9.17, 15) is 9.18 Å². The molecule has 2 N–H and O–H groups in total. The van der Waals surface area contributed by atoms with Crippen LogP contribution in [0, 0.1) is 5.82 Å². The lowest BCUT2D eigenvalue weighted by Gasteiger charge is -2.31. The number of Topliss-reactive ketones (excluding diaryl/α,β-unsaturated/α-hetero) is 1. The van der Waals surface area contributed by atoms with Gasteiger partial charge in [0.1, 0.15) is 5.82 Å². The molecule has 0 spiro atoms. The zero-order valence-corrected chi connectivity index (χ0v) is 14.3. The Morgan fingerprint density at radius 3 is 2.46 bits per heavy atom. The predicted molar refractivity (Wildman–Crippen MR) is 97.1 cm³/mol. The summed E-state index contributed by atoms with van der Waals surface area (Å²) in [6.07, 6.45) is 0. The van der Waals surface area contributed by atoms with Crippen molar-refractivity contribution in [2.75, 3.05) is 0 Å². The number of halogens is 2. The van der Waals surface area contributed by atoms with Gasteiger partial charge < -0.3 is 10.6 Å². The Morgan fingerprint density at radius 1 is 1.17 bits per heavy atom. The zero-order chi connectivity index (χ0) is 17.3. The number of benzene rings is 2. The molecule has 2 aromatic carbocycles. The van der Waals surface area contributed by atoms with Crippen molar-refractivity contribution >= 4 is 40.4 Å². The van der Waals surface area contributed by atoms with Crippen molar-refractivity contribution < 1.29 is 9.18 Å². The van der Waals surface area contributed by atoms with Crippen LogP contribution in [0.15, 0.2) is 54.1 Å². The number of hydrogen-bond acceptors (Lipinski definition) is 2. The van der Waals surface area contributed by atoms with Gasteiger partial charge in [-0.2, -0.15) is 0 Å². The van der Waals surface area contributed by atoms with Gasteiger partial charge in [0.25, 0.3) is 0 Å². The van der Waals surface area contributed by atoms with Gasteiger partial charge in [0.15, 0.2) is 10.9 Å². The summed E-state index contributed by atoms with van der Waals surface area (Å²) in [6, 6.07) is 12.7. The van der Waals surface area contributed by atoms with Crippen LogP contribution in [0.2, 0.25) is 5.02 Å². The Hall–Kier alpha value is -2.24. The van der Waals surface area contributed by atoms with Crippen LogP contribution in [0.3, 0.4) is 0 Å². The Balaban J connectivity index is 2.20. The molecule has 0 aliphatic carbocycles. The minimum atomic E-state index is -0.468. The van der Waals surface area contributed by atoms with Gasteiger partial charge in [0, 0.05) is 10.6 Å². The summed E-state index contributed by atoms with van der Waals surface area (Å²) >= 11 is 11.6. The second kappa shape index (κ2) is 6.71. The predicted octanol–water partition coefficient (Wildman–Crippen LogP) is 4.00. The number of hydrogen-bond donors (Lipinski definition) is 2. The minimum absolute atomic E-state index is 0.123. The van der Waals surface area contributed by atoms with Crippen LogP contribution >= 0.6 is 23.8 Å². The fourth-order valence-electron chi connectivity index (χ4n) is 2.73. The molecule has 0 unspecified atom stereocenters. The smallest absolute Gasteiger partial charge is 0.171 e. The summed E-state index contributed by atoms with van der Waals surface area (Å²) < 4.78 is 13.2. The van der Waals surface area contributed by atoms with E-state index in [-0.39, 0.29) is 11.6 Å². The molecule has 0 aromatic heterocycles. The van der Waals surface area contributed by atoms with Gasteiger partial charge >= 0.3 is 0 Å². The first-order valence-corrected chi connectivity index (χ1v) is 8.09. The molecule has 2 aromatic rings. The molecular weight excluding hydrogens is 347 g/mol. The van der Waals surface area contributed by atoms with Gasteiger partial charge in [-0.05, 0) is 60.6 Å². The number of carbonyl (C=O) groups is 1. The SMILES string of the molecule is CC(=O)C1=C(c2ccc(F)cc2)NC(=S)N[C@@H]1c1ccccc1Cl. The summed E-state index contributed by atoms with van der Waals surface area (Å²) in [4.78, 5) is 12.4. The zero-order valence-electron chi connectivity index (χ0n) is 12.8. The van der Waals surface area contributed by atoms with Crippen molar-refractivity contribution in [3.8, 4) is 0 Å². The molecule has 1 aliphatic heterocycles. The second-order valence-electron chi connectivity index (χ2n) is 5.40. The first-order valence-electron chi connectivity index (χ1n) is 7.30. The van der Waals surface area contributed by atoms with E-state index in [1.165, 1.54) is 19.1 Å². The third kappa shape index (κ3) is 3.18. The van der Waals surface area contributed by atoms with Crippen molar-refractivity contribution in [1.29, 1.82) is 0 Å². The van der Waals surface area contributed by atoms with Crippen molar-refractivity contribution in [2.24, 2.45) is 0 Å². The lowest BCUT2D eigenvalue weighted by molar-refractivity contribution is -0.113. The van der Waals surface area contributed by atoms with Gasteiger partial charge in [0.05, 0.1) is 11.7 Å². The number of carbonyl (C=O) groups excluding carboxylic acids is 1. The van der Waals surface area contributed by atoms with Crippen molar-refractivity contribution in [1.82, 2.24) is 10.6 Å². The van der Waals surface area contributed by atoms with Gasteiger partial charge in [-0.3, -0.25) is 4.79 Å². The molecule has 0 saturated carbocycles. The lowest BCUT2D eigenvalue weighted by atomic mass is 9.90. The standard InChI is InChI=1S/C18H14ClFN2OS/c1-10(23)15-16(11-6-8-12(20)9-7-11)21-18(24)22-17(15)13-4-2-3-5-14(13)19/h2-9,17H,1H3,(H2,21,22,24)/t17-/m1/s1. The molecule has 122 valence electrons. The molecule has 3 nitrogen and oxygen atoms in total. The van der Waals surface area contributed by atoms with E-state index in [2.05, 4.69) is 10.6 Å². The molecule has 3 rings (SSSR count). The Labute approximate surface area is 149 Å². The second-order valence-corrected chi connectivity index (χ2v) is 6.22. The maximum absolute atomic E-state index is 13.2. The van der Waals surface area contributed by atoms with Crippen molar-refractivity contribution in [3.63, 3.8) is 0 Å². The largest absolute Gasteiger partial charge is 0.351 e. The van der Waals surface area contributed by atoms with E-state index in [1.54, 1.807) is 18.2 Å². The molecule has 0 radical (unpaired) electrons. The average molecular weight is 361 g/mol. The highest BCUT2D eigenvalue weighted by atomic mass is 35.5. The Bertz CT molecular complexity index is 848. The average Bonchev–Trinajstić information content (AvgIpc) is 2.55. The molecule has 24 heavy (non-hydrogen) atoms. The third-order valence-electron chi connectivity index (χ3n) is 3.80. The minimum Gasteiger partial charge on any atom is -0.351 e. The molecule has 1 heterocycles. The van der Waals surface area contributed by atoms with E-state index in [0.717, 1.165) is 5.56 Å². The summed E-state index contributed by atoms with van der Waals surface area (Å²) in [5, 5.41) is 7.03. The molecular formula is C18H14ClFN2OS. The number of rotatable bonds is 3. The molecule has 0 fully saturated rings. The van der Waals surface area contributed by atoms with Crippen LogP contribution in [0.25, 0.3) is 5.70 Å². The third-order valence-corrected chi connectivity index (χ3v) is 4.36. The highest BCUT2D eigenvalue weighted by Crippen LogP contribution is 2.34. The fourth-order valence-corrected chi connectivity index (χ4v) is 3.20. The summed E-state index contributed by atoms with van der Waals surface area (Å²) in [6.45, 7) is 1.49. The summed E-state index contributed by atoms with van der Waals surface area (Å²) in [7, 11) is 0. The molecule has 1 atom stereocenters. The summed E-state index contributed by atoms with van der Waals surface area (Å²) in [5.74, 6) is -0.468. The maximum atomic E-state index is 13.2. The Kier molecular flexibility index (Phi) is 4.64. The van der Waals surface area contributed by atoms with E-state index in [0.29, 0.717) is 27.0 Å². The van der Waals surface area contributed by atoms with E-state index >= 15 is 0 Å². The summed E-state index contributed by atoms with van der Waals surface area (Å²) in [5.41, 5.74) is 2.51. The van der Waals surface area contributed by atoms with Crippen LogP contribution in [-0.4, -0.2) is 10.9 Å². The Morgan fingerprint density at radius 2 is 1.83 bits per heavy atom. The van der Waals surface area contributed by atoms with Crippen LogP contribution in [0.1, 0.15) is 24.1 Å². The van der Waals surface area contributed by atoms with Gasteiger partial charge in [0.2, 0.25) is 0 Å². The lowest BCUT2D eigenvalue weighted by Crippen LogP contribution is -2.44. The number of thiocarbonyl (C=S) groups is 1. The van der Waals surface area contributed by atoms with Crippen molar-refractivity contribution in [3.05, 3.63) is 76.1 Å². The molecule has 0 amide bonds. The topological polar surface area (TPSA) is 41.1 Å². The van der Waals surface area contributed by atoms with Crippen LogP contribution in [-0.2, 0) is 4.79 Å². The molecule has 0 saturated heterocycles. The molecule has 1 aliphatic rings. The highest BCUT2D eigenvalue weighted by molar-refractivity contribution is 7.80. The quantitative estimate of drug-likeness (QED) is 0.812. The fraction of sp³-hybridized carbons (Fsp3) is 0.111. The normalized spacial score (nSPS) is 17.3. The van der Waals surface area contributed by atoms with Crippen molar-refractivity contribution in [2.45, 2.75) is 13.0 Å². The monoisotopic (exact) mass is 360 g/mol. The van der Waals surface area contributed by atoms with Gasteiger partial charge in [-0.15, -0.1) is 0 Å². The first kappa shape index (κ1) is 16.6. The van der Waals surface area contributed by atoms with E-state index in [1.807, 2.05) is 18.2 Å². The van der Waals surface area contributed by atoms with E-state index in [4.69, 9.17) is 23.8 Å². The van der Waals surface area contributed by atoms with Crippen LogP contribution < -0.4 is 10.6 Å². The van der Waals surface area contributed by atoms with E-state index < -0.39 is 6.04 Å². The van der Waals surface area contributed by atoms with Gasteiger partial charge in [-0.1, -0.05) is 29.8 Å². The molecule has 0 bridgehead atoms. The maximum Gasteiger partial charge on any atom is 0.171 e. The number of nitrogens with one attached hydrogen (secondary N) is 2. The highest BCUT2D eigenvalue weighted by Gasteiger charge is 2.31. The van der Waals surface area contributed by atoms with Crippen LogP contribution in [0.5, 0.6) is 0 Å².